The molecule has 0 fully saturated rings. The van der Waals surface area contributed by atoms with Crippen molar-refractivity contribution in [2.75, 3.05) is 40.8 Å². The summed E-state index contributed by atoms with van der Waals surface area (Å²) in [5.41, 5.74) is 0.199. The van der Waals surface area contributed by atoms with Crippen molar-refractivity contribution in [3.05, 3.63) is 0 Å². The number of hydrogen-bond acceptors (Lipinski definition) is 3. The summed E-state index contributed by atoms with van der Waals surface area (Å²) in [7, 11) is 6.16. The van der Waals surface area contributed by atoms with Gasteiger partial charge in [-0.25, -0.2) is 0 Å². The molecule has 3 heteroatoms. The summed E-state index contributed by atoms with van der Waals surface area (Å²) in [6, 6.07) is 0. The molecule has 0 aromatic carbocycles. The maximum atomic E-state index is 3.49. The fraction of sp³-hybridized carbons (Fsp3) is 1.00. The van der Waals surface area contributed by atoms with Crippen LogP contribution in [-0.4, -0.2) is 51.2 Å². The van der Waals surface area contributed by atoms with E-state index in [2.05, 4.69) is 43.5 Å². The Hall–Kier alpha value is -0.120. The summed E-state index contributed by atoms with van der Waals surface area (Å²) < 4.78 is 0. The van der Waals surface area contributed by atoms with E-state index in [-0.39, 0.29) is 5.54 Å². The Bertz CT molecular complexity index is 110. The molecule has 0 unspecified atom stereocenters. The van der Waals surface area contributed by atoms with Crippen LogP contribution in [0.4, 0.5) is 0 Å². The Balaban J connectivity index is 3.46. The zero-order valence-electron chi connectivity index (χ0n) is 9.07. The second-order valence-corrected chi connectivity index (χ2v) is 4.14. The van der Waals surface area contributed by atoms with Crippen molar-refractivity contribution in [3.63, 3.8) is 0 Å². The molecule has 0 rings (SSSR count). The van der Waals surface area contributed by atoms with Gasteiger partial charge in [-0.05, 0) is 35.0 Å². The quantitative estimate of drug-likeness (QED) is 0.598. The van der Waals surface area contributed by atoms with Crippen molar-refractivity contribution >= 4 is 0 Å². The number of nitrogens with zero attached hydrogens (tertiary/aromatic N) is 1. The van der Waals surface area contributed by atoms with E-state index in [4.69, 9.17) is 0 Å². The number of rotatable bonds is 6. The van der Waals surface area contributed by atoms with Crippen LogP contribution in [0.15, 0.2) is 0 Å². The Kier molecular flexibility index (Phi) is 5.46. The lowest BCUT2D eigenvalue weighted by atomic mass is 10.1. The van der Waals surface area contributed by atoms with Gasteiger partial charge in [-0.15, -0.1) is 0 Å². The van der Waals surface area contributed by atoms with E-state index >= 15 is 0 Å². The maximum absolute atomic E-state index is 3.49. The number of hydrogen-bond donors (Lipinski definition) is 2. The van der Waals surface area contributed by atoms with Crippen LogP contribution in [0.2, 0.25) is 0 Å². The van der Waals surface area contributed by atoms with E-state index in [1.54, 1.807) is 0 Å². The first-order chi connectivity index (χ1) is 5.48. The molecule has 0 amide bonds. The predicted octanol–water partition coefficient (Wildman–Crippen LogP) is 0.136. The van der Waals surface area contributed by atoms with Crippen LogP contribution in [-0.2, 0) is 0 Å². The van der Waals surface area contributed by atoms with Crippen LogP contribution in [0.1, 0.15) is 13.8 Å². The molecule has 12 heavy (non-hydrogen) atoms. The minimum atomic E-state index is 0.199. The topological polar surface area (TPSA) is 27.3 Å². The Morgan fingerprint density at radius 2 is 1.83 bits per heavy atom. The number of nitrogens with one attached hydrogen (secondary N) is 2. The molecular formula is C9H23N3. The molecule has 0 saturated carbocycles. The molecule has 0 aliphatic rings. The summed E-state index contributed by atoms with van der Waals surface area (Å²) in [6.45, 7) is 7.55. The van der Waals surface area contributed by atoms with Gasteiger partial charge in [0.1, 0.15) is 0 Å². The van der Waals surface area contributed by atoms with Crippen molar-refractivity contribution in [2.24, 2.45) is 0 Å². The molecule has 74 valence electrons. The Labute approximate surface area is 76.5 Å². The SMILES string of the molecule is CNCC(C)(C)NCCN(C)C. The zero-order valence-corrected chi connectivity index (χ0v) is 9.07. The Morgan fingerprint density at radius 3 is 2.25 bits per heavy atom. The smallest absolute Gasteiger partial charge is 0.0250 e. The minimum absolute atomic E-state index is 0.199. The lowest BCUT2D eigenvalue weighted by molar-refractivity contribution is 0.333. The molecule has 0 aromatic heterocycles. The van der Waals surface area contributed by atoms with E-state index in [0.717, 1.165) is 19.6 Å². The highest BCUT2D eigenvalue weighted by Gasteiger charge is 2.14. The van der Waals surface area contributed by atoms with E-state index in [1.807, 2.05) is 7.05 Å². The molecule has 0 saturated heterocycles. The largest absolute Gasteiger partial charge is 0.318 e. The summed E-state index contributed by atoms with van der Waals surface area (Å²) in [5, 5.41) is 6.66. The fourth-order valence-electron chi connectivity index (χ4n) is 1.12. The van der Waals surface area contributed by atoms with E-state index in [0.29, 0.717) is 0 Å². The highest BCUT2D eigenvalue weighted by atomic mass is 15.1. The van der Waals surface area contributed by atoms with Gasteiger partial charge in [0, 0.05) is 25.2 Å². The molecule has 0 radical (unpaired) electrons. The molecule has 3 nitrogen and oxygen atoms in total. The highest BCUT2D eigenvalue weighted by molar-refractivity contribution is 4.79. The summed E-state index contributed by atoms with van der Waals surface area (Å²) in [5.74, 6) is 0. The van der Waals surface area contributed by atoms with Gasteiger partial charge in [0.05, 0.1) is 0 Å². The summed E-state index contributed by atoms with van der Waals surface area (Å²) >= 11 is 0. The number of likely N-dealkylation sites (N-methyl/N-ethyl adjacent to an activating group) is 2. The molecule has 2 N–H and O–H groups in total. The Morgan fingerprint density at radius 1 is 1.25 bits per heavy atom. The molecule has 0 aromatic rings. The second-order valence-electron chi connectivity index (χ2n) is 4.14. The normalized spacial score (nSPS) is 12.5. The van der Waals surface area contributed by atoms with Crippen molar-refractivity contribution in [2.45, 2.75) is 19.4 Å². The van der Waals surface area contributed by atoms with Crippen molar-refractivity contribution in [3.8, 4) is 0 Å². The summed E-state index contributed by atoms with van der Waals surface area (Å²) in [6.07, 6.45) is 0. The standard InChI is InChI=1S/C9H23N3/c1-9(2,8-10-3)11-6-7-12(4)5/h10-11H,6-8H2,1-5H3. The van der Waals surface area contributed by atoms with E-state index < -0.39 is 0 Å². The van der Waals surface area contributed by atoms with E-state index in [1.165, 1.54) is 0 Å². The van der Waals surface area contributed by atoms with Crippen LogP contribution in [0.25, 0.3) is 0 Å². The van der Waals surface area contributed by atoms with Gasteiger partial charge in [-0.2, -0.15) is 0 Å². The third-order valence-corrected chi connectivity index (χ3v) is 1.78. The van der Waals surface area contributed by atoms with Crippen molar-refractivity contribution < 1.29 is 0 Å². The van der Waals surface area contributed by atoms with Crippen LogP contribution in [0, 0.1) is 0 Å². The average Bonchev–Trinajstić information content (AvgIpc) is 1.85. The van der Waals surface area contributed by atoms with Crippen LogP contribution < -0.4 is 10.6 Å². The third-order valence-electron chi connectivity index (χ3n) is 1.78. The summed E-state index contributed by atoms with van der Waals surface area (Å²) in [4.78, 5) is 2.18. The molecule has 0 spiro atoms. The van der Waals surface area contributed by atoms with Crippen LogP contribution in [0.5, 0.6) is 0 Å². The second kappa shape index (κ2) is 5.51. The average molecular weight is 173 g/mol. The molecule has 0 bridgehead atoms. The van der Waals surface area contributed by atoms with Crippen molar-refractivity contribution in [1.29, 1.82) is 0 Å². The van der Waals surface area contributed by atoms with Gasteiger partial charge in [0.2, 0.25) is 0 Å². The minimum Gasteiger partial charge on any atom is -0.318 e. The first-order valence-electron chi connectivity index (χ1n) is 4.52. The van der Waals surface area contributed by atoms with Gasteiger partial charge >= 0.3 is 0 Å². The monoisotopic (exact) mass is 173 g/mol. The lowest BCUT2D eigenvalue weighted by Crippen LogP contribution is -2.48. The first kappa shape index (κ1) is 11.9. The molecular weight excluding hydrogens is 150 g/mol. The zero-order chi connectivity index (χ0) is 9.61. The van der Waals surface area contributed by atoms with Crippen molar-refractivity contribution in [1.82, 2.24) is 15.5 Å². The van der Waals surface area contributed by atoms with Gasteiger partial charge in [-0.1, -0.05) is 0 Å². The molecule has 0 aliphatic carbocycles. The first-order valence-corrected chi connectivity index (χ1v) is 4.52. The van der Waals surface area contributed by atoms with Gasteiger partial charge in [0.15, 0.2) is 0 Å². The fourth-order valence-corrected chi connectivity index (χ4v) is 1.12. The molecule has 0 aliphatic heterocycles. The predicted molar refractivity (Wildman–Crippen MR) is 54.6 cm³/mol. The van der Waals surface area contributed by atoms with Gasteiger partial charge in [0.25, 0.3) is 0 Å². The van der Waals surface area contributed by atoms with Crippen LogP contribution >= 0.6 is 0 Å². The lowest BCUT2D eigenvalue weighted by Gasteiger charge is -2.26. The van der Waals surface area contributed by atoms with Gasteiger partial charge < -0.3 is 15.5 Å². The van der Waals surface area contributed by atoms with Crippen LogP contribution in [0.3, 0.4) is 0 Å². The highest BCUT2D eigenvalue weighted by Crippen LogP contribution is 1.97. The third kappa shape index (κ3) is 6.58. The maximum Gasteiger partial charge on any atom is 0.0250 e. The van der Waals surface area contributed by atoms with Gasteiger partial charge in [-0.3, -0.25) is 0 Å². The molecule has 0 heterocycles. The van der Waals surface area contributed by atoms with E-state index in [9.17, 15) is 0 Å². The molecule has 0 atom stereocenters.